The second kappa shape index (κ2) is 6.31. The molecule has 0 bridgehead atoms. The van der Waals surface area contributed by atoms with Gasteiger partial charge in [-0.2, -0.15) is 11.8 Å². The van der Waals surface area contributed by atoms with E-state index in [4.69, 9.17) is 0 Å². The monoisotopic (exact) mass is 373 g/mol. The first-order valence-corrected chi connectivity index (χ1v) is 10.0. The molecule has 0 saturated carbocycles. The van der Waals surface area contributed by atoms with Crippen LogP contribution in [0.5, 0.6) is 0 Å². The first-order chi connectivity index (χ1) is 9.28. The minimum atomic E-state index is 0.363. The van der Waals surface area contributed by atoms with E-state index in [0.717, 1.165) is 6.54 Å². The molecule has 2 aromatic heterocycles. The molecule has 5 heteroatoms. The number of thioether (sulfide) groups is 1. The summed E-state index contributed by atoms with van der Waals surface area (Å²) in [7, 11) is 0. The molecule has 0 amide bonds. The van der Waals surface area contributed by atoms with Crippen LogP contribution in [0, 0.1) is 0 Å². The summed E-state index contributed by atoms with van der Waals surface area (Å²) in [5.74, 6) is 2.47. The largest absolute Gasteiger partial charge is 0.305 e. The van der Waals surface area contributed by atoms with Gasteiger partial charge in [0.15, 0.2) is 0 Å². The molecule has 0 aliphatic carbocycles. The Morgan fingerprint density at radius 1 is 1.32 bits per heavy atom. The highest BCUT2D eigenvalue weighted by Crippen LogP contribution is 2.38. The summed E-state index contributed by atoms with van der Waals surface area (Å²) in [5, 5.41) is 3.63. The molecule has 1 N–H and O–H groups in total. The topological polar surface area (TPSA) is 12.0 Å². The Morgan fingerprint density at radius 2 is 2.21 bits per heavy atom. The smallest absolute Gasteiger partial charge is 0.0765 e. The molecule has 3 rings (SSSR count). The molecule has 3 heterocycles. The maximum Gasteiger partial charge on any atom is 0.0765 e. The van der Waals surface area contributed by atoms with Crippen molar-refractivity contribution < 1.29 is 0 Å². The van der Waals surface area contributed by atoms with E-state index in [9.17, 15) is 0 Å². The van der Waals surface area contributed by atoms with Crippen LogP contribution in [0.15, 0.2) is 22.0 Å². The molecule has 0 fully saturated rings. The Hall–Kier alpha value is 0.190. The van der Waals surface area contributed by atoms with E-state index in [1.807, 2.05) is 22.7 Å². The van der Waals surface area contributed by atoms with Crippen LogP contribution < -0.4 is 5.32 Å². The van der Waals surface area contributed by atoms with Gasteiger partial charge < -0.3 is 5.32 Å². The summed E-state index contributed by atoms with van der Waals surface area (Å²) >= 11 is 9.46. The second-order valence-corrected chi connectivity index (χ2v) is 9.30. The summed E-state index contributed by atoms with van der Waals surface area (Å²) in [6, 6.07) is 7.16. The third kappa shape index (κ3) is 3.10. The Labute approximate surface area is 134 Å². The Balaban J connectivity index is 1.93. The molecule has 1 nitrogen and oxygen atoms in total. The zero-order valence-corrected chi connectivity index (χ0v) is 14.8. The summed E-state index contributed by atoms with van der Waals surface area (Å²) in [6.07, 6.45) is 1.25. The van der Waals surface area contributed by atoms with E-state index < -0.39 is 0 Å². The summed E-state index contributed by atoms with van der Waals surface area (Å²) in [4.78, 5) is 4.48. The van der Waals surface area contributed by atoms with Crippen LogP contribution in [-0.2, 0) is 12.2 Å². The number of rotatable bonds is 4. The second-order valence-electron chi connectivity index (χ2n) is 4.53. The molecule has 1 unspecified atom stereocenters. The lowest BCUT2D eigenvalue weighted by atomic mass is 10.1. The first-order valence-electron chi connectivity index (χ1n) is 6.45. The number of hydrogen-bond acceptors (Lipinski definition) is 4. The summed E-state index contributed by atoms with van der Waals surface area (Å²) in [6.45, 7) is 3.18. The fourth-order valence-corrected chi connectivity index (χ4v) is 6.41. The van der Waals surface area contributed by atoms with Gasteiger partial charge in [-0.05, 0) is 58.4 Å². The fraction of sp³-hybridized carbons (Fsp3) is 0.429. The number of nitrogens with one attached hydrogen (secondary N) is 1. The minimum Gasteiger partial charge on any atom is -0.305 e. The maximum atomic E-state index is 3.63. The average molecular weight is 374 g/mol. The Kier molecular flexibility index (Phi) is 4.70. The van der Waals surface area contributed by atoms with Crippen molar-refractivity contribution in [1.29, 1.82) is 0 Å². The van der Waals surface area contributed by atoms with Crippen molar-refractivity contribution in [2.45, 2.75) is 25.1 Å². The van der Waals surface area contributed by atoms with Gasteiger partial charge in [-0.25, -0.2) is 0 Å². The SMILES string of the molecule is CCNC(c1ccc(Br)s1)c1cc2c(s1)CCSC2. The number of aryl methyl sites for hydroxylation is 1. The minimum absolute atomic E-state index is 0.363. The lowest BCUT2D eigenvalue weighted by Crippen LogP contribution is -2.20. The van der Waals surface area contributed by atoms with Crippen LogP contribution >= 0.6 is 50.4 Å². The summed E-state index contributed by atoms with van der Waals surface area (Å²) in [5.41, 5.74) is 1.56. The molecule has 0 radical (unpaired) electrons. The molecule has 2 aromatic rings. The number of fused-ring (bicyclic) bond motifs is 1. The number of thiophene rings is 2. The normalized spacial score (nSPS) is 16.3. The van der Waals surface area contributed by atoms with Crippen molar-refractivity contribution in [3.05, 3.63) is 42.2 Å². The standard InChI is InChI=1S/C14H16BrNS3/c1-2-16-14(11-3-4-13(15)19-11)12-7-9-8-17-6-5-10(9)18-12/h3-4,7,14,16H,2,5-6,8H2,1H3. The van der Waals surface area contributed by atoms with E-state index in [0.29, 0.717) is 6.04 Å². The van der Waals surface area contributed by atoms with Gasteiger partial charge in [-0.3, -0.25) is 0 Å². The van der Waals surface area contributed by atoms with Gasteiger partial charge >= 0.3 is 0 Å². The van der Waals surface area contributed by atoms with E-state index in [2.05, 4.69) is 58.1 Å². The highest BCUT2D eigenvalue weighted by molar-refractivity contribution is 9.11. The molecule has 1 aliphatic rings. The maximum absolute atomic E-state index is 3.63. The van der Waals surface area contributed by atoms with Gasteiger partial charge in [0.2, 0.25) is 0 Å². The van der Waals surface area contributed by atoms with Crippen molar-refractivity contribution in [2.24, 2.45) is 0 Å². The molecular weight excluding hydrogens is 358 g/mol. The van der Waals surface area contributed by atoms with Gasteiger partial charge in [0.1, 0.15) is 0 Å². The third-order valence-corrected chi connectivity index (χ3v) is 7.22. The predicted octanol–water partition coefficient (Wildman–Crippen LogP) is 5.06. The van der Waals surface area contributed by atoms with Crippen LogP contribution in [0.4, 0.5) is 0 Å². The summed E-state index contributed by atoms with van der Waals surface area (Å²) < 4.78 is 1.21. The van der Waals surface area contributed by atoms with Crippen LogP contribution in [0.1, 0.15) is 33.2 Å². The first kappa shape index (κ1) is 14.1. The quantitative estimate of drug-likeness (QED) is 0.803. The van der Waals surface area contributed by atoms with Crippen LogP contribution in [0.25, 0.3) is 0 Å². The third-order valence-electron chi connectivity index (χ3n) is 3.22. The predicted molar refractivity (Wildman–Crippen MR) is 91.7 cm³/mol. The molecule has 0 saturated heterocycles. The van der Waals surface area contributed by atoms with Gasteiger partial charge in [-0.1, -0.05) is 6.92 Å². The Bertz CT molecular complexity index is 537. The zero-order chi connectivity index (χ0) is 13.2. The molecule has 0 aromatic carbocycles. The van der Waals surface area contributed by atoms with Crippen molar-refractivity contribution in [2.75, 3.05) is 12.3 Å². The number of hydrogen-bond donors (Lipinski definition) is 1. The van der Waals surface area contributed by atoms with Crippen molar-refractivity contribution >= 4 is 50.4 Å². The lowest BCUT2D eigenvalue weighted by Gasteiger charge is -2.14. The van der Waals surface area contributed by atoms with Crippen molar-refractivity contribution in [1.82, 2.24) is 5.32 Å². The molecule has 102 valence electrons. The van der Waals surface area contributed by atoms with E-state index in [-0.39, 0.29) is 0 Å². The average Bonchev–Trinajstić information content (AvgIpc) is 3.01. The van der Waals surface area contributed by atoms with Gasteiger partial charge in [0.05, 0.1) is 9.83 Å². The Morgan fingerprint density at radius 3 is 2.89 bits per heavy atom. The fourth-order valence-electron chi connectivity index (χ4n) is 2.34. The number of halogens is 1. The highest BCUT2D eigenvalue weighted by atomic mass is 79.9. The van der Waals surface area contributed by atoms with E-state index >= 15 is 0 Å². The van der Waals surface area contributed by atoms with Gasteiger partial charge in [-0.15, -0.1) is 22.7 Å². The molecular formula is C14H16BrNS3. The molecule has 1 aliphatic heterocycles. The molecule has 0 spiro atoms. The van der Waals surface area contributed by atoms with Gasteiger partial charge in [0, 0.05) is 20.4 Å². The van der Waals surface area contributed by atoms with Crippen molar-refractivity contribution in [3.8, 4) is 0 Å². The van der Waals surface area contributed by atoms with E-state index in [1.165, 1.54) is 31.5 Å². The van der Waals surface area contributed by atoms with Crippen LogP contribution in [0.3, 0.4) is 0 Å². The zero-order valence-electron chi connectivity index (χ0n) is 10.7. The molecule has 1 atom stereocenters. The van der Waals surface area contributed by atoms with Gasteiger partial charge in [0.25, 0.3) is 0 Å². The highest BCUT2D eigenvalue weighted by Gasteiger charge is 2.21. The van der Waals surface area contributed by atoms with Crippen molar-refractivity contribution in [3.63, 3.8) is 0 Å². The molecule has 19 heavy (non-hydrogen) atoms. The van der Waals surface area contributed by atoms with Crippen LogP contribution in [-0.4, -0.2) is 12.3 Å². The van der Waals surface area contributed by atoms with E-state index in [1.54, 1.807) is 10.4 Å². The van der Waals surface area contributed by atoms with Crippen LogP contribution in [0.2, 0.25) is 0 Å². The lowest BCUT2D eigenvalue weighted by molar-refractivity contribution is 0.648.